The molecule has 0 bridgehead atoms. The average molecular weight is 320 g/mol. The highest BCUT2D eigenvalue weighted by Gasteiger charge is 2.53. The predicted molar refractivity (Wildman–Crippen MR) is 82.7 cm³/mol. The Morgan fingerprint density at radius 2 is 2.09 bits per heavy atom. The summed E-state index contributed by atoms with van der Waals surface area (Å²) in [4.78, 5) is 24.1. The summed E-state index contributed by atoms with van der Waals surface area (Å²) in [5, 5.41) is 6.91. The highest BCUT2D eigenvalue weighted by molar-refractivity contribution is 5.87. The summed E-state index contributed by atoms with van der Waals surface area (Å²) in [5.41, 5.74) is 1.50. The lowest BCUT2D eigenvalue weighted by molar-refractivity contribution is -0.149. The molecule has 1 aromatic heterocycles. The van der Waals surface area contributed by atoms with E-state index < -0.39 is 5.60 Å². The smallest absolute Gasteiger partial charge is 0.307 e. The molecule has 1 spiro atoms. The number of hydrogen-bond donors (Lipinski definition) is 1. The van der Waals surface area contributed by atoms with Gasteiger partial charge in [0.15, 0.2) is 0 Å². The minimum Gasteiger partial charge on any atom is -0.458 e. The topological polar surface area (TPSA) is 81.4 Å². The van der Waals surface area contributed by atoms with Crippen molar-refractivity contribution in [2.75, 3.05) is 6.54 Å². The molecule has 6 heteroatoms. The zero-order valence-electron chi connectivity index (χ0n) is 13.8. The van der Waals surface area contributed by atoms with E-state index in [1.54, 1.807) is 0 Å². The van der Waals surface area contributed by atoms with Crippen molar-refractivity contribution in [3.8, 4) is 0 Å². The minimum atomic E-state index is -0.525. The molecule has 2 aliphatic rings. The second-order valence-electron chi connectivity index (χ2n) is 6.70. The number of rotatable bonds is 5. The quantitative estimate of drug-likeness (QED) is 0.664. The molecule has 1 aliphatic carbocycles. The fourth-order valence-electron chi connectivity index (χ4n) is 3.91. The number of aryl methyl sites for hydroxylation is 2. The number of amides is 1. The molecule has 1 N–H and O–H groups in total. The van der Waals surface area contributed by atoms with Gasteiger partial charge in [-0.3, -0.25) is 9.59 Å². The van der Waals surface area contributed by atoms with Gasteiger partial charge in [0, 0.05) is 12.1 Å². The predicted octanol–water partition coefficient (Wildman–Crippen LogP) is 2.22. The first-order valence-corrected chi connectivity index (χ1v) is 8.43. The van der Waals surface area contributed by atoms with Gasteiger partial charge in [-0.15, -0.1) is 0 Å². The van der Waals surface area contributed by atoms with Crippen LogP contribution in [0.1, 0.15) is 55.5 Å². The monoisotopic (exact) mass is 320 g/mol. The maximum absolute atomic E-state index is 12.5. The summed E-state index contributed by atoms with van der Waals surface area (Å²) < 4.78 is 10.7. The van der Waals surface area contributed by atoms with E-state index in [2.05, 4.69) is 10.5 Å². The Morgan fingerprint density at radius 3 is 2.74 bits per heavy atom. The molecule has 2 heterocycles. The summed E-state index contributed by atoms with van der Waals surface area (Å²) in [6, 6.07) is 0. The van der Waals surface area contributed by atoms with E-state index in [9.17, 15) is 9.59 Å². The van der Waals surface area contributed by atoms with Gasteiger partial charge >= 0.3 is 5.97 Å². The molecule has 2 fully saturated rings. The number of esters is 1. The molecule has 1 amide bonds. The molecule has 126 valence electrons. The minimum absolute atomic E-state index is 0.0449. The van der Waals surface area contributed by atoms with Crippen LogP contribution in [0, 0.1) is 19.8 Å². The molecule has 1 atom stereocenters. The number of nitrogens with zero attached hydrogens (tertiary/aromatic N) is 1. The lowest BCUT2D eigenvalue weighted by Gasteiger charge is -2.27. The molecule has 6 nitrogen and oxygen atoms in total. The van der Waals surface area contributed by atoms with Gasteiger partial charge in [-0.1, -0.05) is 5.16 Å². The van der Waals surface area contributed by atoms with Crippen molar-refractivity contribution in [2.24, 2.45) is 5.92 Å². The normalized spacial score (nSPS) is 22.5. The Bertz CT molecular complexity index is 582. The maximum atomic E-state index is 12.5. The number of nitrogens with one attached hydrogen (secondary N) is 1. The van der Waals surface area contributed by atoms with E-state index in [-0.39, 0.29) is 24.2 Å². The van der Waals surface area contributed by atoms with E-state index in [4.69, 9.17) is 9.26 Å². The second-order valence-corrected chi connectivity index (χ2v) is 6.70. The second kappa shape index (κ2) is 6.34. The van der Waals surface area contributed by atoms with E-state index in [1.165, 1.54) is 0 Å². The number of carbonyl (C=O) groups is 2. The molecule has 1 saturated carbocycles. The fourth-order valence-corrected chi connectivity index (χ4v) is 3.91. The largest absolute Gasteiger partial charge is 0.458 e. The first-order valence-electron chi connectivity index (χ1n) is 8.43. The van der Waals surface area contributed by atoms with Gasteiger partial charge in [-0.2, -0.15) is 0 Å². The number of aromatic nitrogens is 1. The Kier molecular flexibility index (Phi) is 4.41. The highest BCUT2D eigenvalue weighted by atomic mass is 16.6. The van der Waals surface area contributed by atoms with Crippen LogP contribution in [-0.4, -0.2) is 29.2 Å². The van der Waals surface area contributed by atoms with Crippen molar-refractivity contribution in [3.63, 3.8) is 0 Å². The van der Waals surface area contributed by atoms with Gasteiger partial charge in [0.2, 0.25) is 5.91 Å². The number of carbonyl (C=O) groups excluding carboxylic acids is 2. The van der Waals surface area contributed by atoms with Crippen LogP contribution in [-0.2, 0) is 20.7 Å². The van der Waals surface area contributed by atoms with E-state index in [1.807, 2.05) is 13.8 Å². The first kappa shape index (κ1) is 16.0. The third kappa shape index (κ3) is 3.12. The third-order valence-corrected chi connectivity index (χ3v) is 5.17. The Morgan fingerprint density at radius 1 is 1.35 bits per heavy atom. The van der Waals surface area contributed by atoms with Crippen LogP contribution in [0.5, 0.6) is 0 Å². The molecule has 1 aromatic rings. The van der Waals surface area contributed by atoms with Gasteiger partial charge in [0.1, 0.15) is 11.4 Å². The molecule has 0 aromatic carbocycles. The van der Waals surface area contributed by atoms with Gasteiger partial charge in [0.05, 0.1) is 18.0 Å². The van der Waals surface area contributed by atoms with Gasteiger partial charge in [-0.25, -0.2) is 0 Å². The molecule has 3 rings (SSSR count). The number of hydrogen-bond acceptors (Lipinski definition) is 5. The van der Waals surface area contributed by atoms with Crippen LogP contribution in [0.15, 0.2) is 4.52 Å². The van der Waals surface area contributed by atoms with Crippen LogP contribution in [0.4, 0.5) is 0 Å². The summed E-state index contributed by atoms with van der Waals surface area (Å²) >= 11 is 0. The van der Waals surface area contributed by atoms with E-state index in [0.29, 0.717) is 6.54 Å². The van der Waals surface area contributed by atoms with E-state index >= 15 is 0 Å². The Balaban J connectivity index is 1.50. The average Bonchev–Trinajstić information content (AvgIpc) is 3.19. The number of ether oxygens (including phenoxy) is 1. The summed E-state index contributed by atoms with van der Waals surface area (Å²) in [6.45, 7) is 4.42. The molecular formula is C17H24N2O4. The van der Waals surface area contributed by atoms with Crippen LogP contribution in [0.25, 0.3) is 0 Å². The van der Waals surface area contributed by atoms with Crippen molar-refractivity contribution in [2.45, 2.75) is 64.4 Å². The maximum Gasteiger partial charge on any atom is 0.307 e. The van der Waals surface area contributed by atoms with Gasteiger partial charge in [-0.05, 0) is 52.4 Å². The molecular weight excluding hydrogens is 296 g/mol. The first-order chi connectivity index (χ1) is 11.0. The molecule has 1 saturated heterocycles. The summed E-state index contributed by atoms with van der Waals surface area (Å²) in [5.74, 6) is 0.240. The van der Waals surface area contributed by atoms with E-state index in [0.717, 1.165) is 55.5 Å². The van der Waals surface area contributed by atoms with Crippen LogP contribution in [0.3, 0.4) is 0 Å². The lowest BCUT2D eigenvalue weighted by Crippen LogP contribution is -2.43. The molecule has 23 heavy (non-hydrogen) atoms. The summed E-state index contributed by atoms with van der Waals surface area (Å²) in [7, 11) is 0. The SMILES string of the molecule is Cc1noc(C)c1CCCNC(=O)C1CC(=O)OC12CCCC2. The van der Waals surface area contributed by atoms with Crippen LogP contribution >= 0.6 is 0 Å². The highest BCUT2D eigenvalue weighted by Crippen LogP contribution is 2.45. The molecule has 1 aliphatic heterocycles. The van der Waals surface area contributed by atoms with Crippen LogP contribution in [0.2, 0.25) is 0 Å². The van der Waals surface area contributed by atoms with Crippen molar-refractivity contribution in [3.05, 3.63) is 17.0 Å². The standard InChI is InChI=1S/C17H24N2O4/c1-11-13(12(2)23-19-11)6-5-9-18-16(21)14-10-15(20)22-17(14)7-3-4-8-17/h14H,3-10H2,1-2H3,(H,18,21). The lowest BCUT2D eigenvalue weighted by atomic mass is 9.85. The van der Waals surface area contributed by atoms with Gasteiger partial charge in [0.25, 0.3) is 0 Å². The van der Waals surface area contributed by atoms with Crippen molar-refractivity contribution < 1.29 is 18.8 Å². The Labute approximate surface area is 135 Å². The zero-order valence-corrected chi connectivity index (χ0v) is 13.8. The third-order valence-electron chi connectivity index (χ3n) is 5.17. The van der Waals surface area contributed by atoms with Gasteiger partial charge < -0.3 is 14.6 Å². The molecule has 1 unspecified atom stereocenters. The van der Waals surface area contributed by atoms with Crippen molar-refractivity contribution >= 4 is 11.9 Å². The fraction of sp³-hybridized carbons (Fsp3) is 0.706. The Hall–Kier alpha value is -1.85. The van der Waals surface area contributed by atoms with Crippen molar-refractivity contribution in [1.82, 2.24) is 10.5 Å². The van der Waals surface area contributed by atoms with Crippen LogP contribution < -0.4 is 5.32 Å². The van der Waals surface area contributed by atoms with Crippen molar-refractivity contribution in [1.29, 1.82) is 0 Å². The zero-order chi connectivity index (χ0) is 16.4. The summed E-state index contributed by atoms with van der Waals surface area (Å²) in [6.07, 6.45) is 5.56. The molecule has 0 radical (unpaired) electrons.